The first-order chi connectivity index (χ1) is 17.6. The molecule has 0 saturated heterocycles. The Kier molecular flexibility index (Phi) is 9.95. The van der Waals surface area contributed by atoms with Gasteiger partial charge < -0.3 is 24.4 Å². The molecule has 13 nitrogen and oxygen atoms in total. The van der Waals surface area contributed by atoms with E-state index >= 15 is 0 Å². The zero-order chi connectivity index (χ0) is 27.0. The Morgan fingerprint density at radius 1 is 1.08 bits per heavy atom. The molecule has 1 aromatic carbocycles. The van der Waals surface area contributed by atoms with E-state index in [4.69, 9.17) is 18.7 Å². The topological polar surface area (TPSA) is 167 Å². The molecule has 1 heterocycles. The summed E-state index contributed by atoms with van der Waals surface area (Å²) in [6.45, 7) is -0.372. The lowest BCUT2D eigenvalue weighted by molar-refractivity contribution is -0.137. The Hall–Kier alpha value is -3.09. The molecule has 3 amide bonds. The summed E-state index contributed by atoms with van der Waals surface area (Å²) < 4.78 is 37.7. The monoisotopic (exact) mass is 540 g/mol. The summed E-state index contributed by atoms with van der Waals surface area (Å²) in [5.41, 5.74) is 0.762. The fourth-order valence-electron chi connectivity index (χ4n) is 4.11. The Morgan fingerprint density at radius 2 is 1.76 bits per heavy atom. The van der Waals surface area contributed by atoms with E-state index in [1.807, 2.05) is 6.07 Å². The number of methoxy groups -OCH3 is 1. The number of rotatable bonds is 12. The number of phosphoric acid groups is 1. The Morgan fingerprint density at radius 3 is 2.38 bits per heavy atom. The van der Waals surface area contributed by atoms with Gasteiger partial charge in [0.05, 0.1) is 6.04 Å². The molecule has 0 bridgehead atoms. The van der Waals surface area contributed by atoms with E-state index in [-0.39, 0.29) is 32.6 Å². The van der Waals surface area contributed by atoms with Crippen LogP contribution in [0.2, 0.25) is 0 Å². The lowest BCUT2D eigenvalue weighted by Gasteiger charge is -2.27. The summed E-state index contributed by atoms with van der Waals surface area (Å²) in [7, 11) is -2.13. The van der Waals surface area contributed by atoms with E-state index in [0.717, 1.165) is 29.7 Å². The first-order valence-electron chi connectivity index (χ1n) is 11.4. The van der Waals surface area contributed by atoms with Crippen LogP contribution in [0.3, 0.4) is 0 Å². The van der Waals surface area contributed by atoms with E-state index in [1.54, 1.807) is 24.3 Å². The smallest absolute Gasteiger partial charge is 0.434 e. The number of hydrogen-bond acceptors (Lipinski definition) is 10. The maximum atomic E-state index is 12.6. The predicted molar refractivity (Wildman–Crippen MR) is 126 cm³/mol. The standard InChI is InChI=1S/C23H29N2O11P/c1-32-22-17(24-18(26)10-11-25-19(27)8-9-20(25)28)12-16(21(22)36-37(30,31)33-2)14-35-23(29)34-13-15-6-4-3-5-7-15/h3-9,16-17,21-22H,10-14H2,1-2H3,(H,24,26)(H,30,31)/t16-,17-,21?,22-/m1/s1. The van der Waals surface area contributed by atoms with Crippen LogP contribution in [0.5, 0.6) is 0 Å². The van der Waals surface area contributed by atoms with Crippen LogP contribution in [0.15, 0.2) is 42.5 Å². The zero-order valence-electron chi connectivity index (χ0n) is 20.3. The molecular formula is C23H29N2O11P. The molecule has 1 aromatic rings. The van der Waals surface area contributed by atoms with E-state index in [0.29, 0.717) is 0 Å². The average molecular weight is 540 g/mol. The SMILES string of the molecule is CO[C@H]1C(OP(=O)(O)OC)[C@@H](COC(=O)OCc2ccccc2)C[C@H]1NC(=O)CCN1C(=O)C=CC1=O. The number of ether oxygens (including phenoxy) is 3. The number of phosphoric ester groups is 1. The lowest BCUT2D eigenvalue weighted by Crippen LogP contribution is -2.45. The molecule has 0 spiro atoms. The van der Waals surface area contributed by atoms with Gasteiger partial charge in [0.25, 0.3) is 11.8 Å². The highest BCUT2D eigenvalue weighted by molar-refractivity contribution is 7.47. The van der Waals surface area contributed by atoms with E-state index < -0.39 is 55.9 Å². The Balaban J connectivity index is 1.60. The van der Waals surface area contributed by atoms with Crippen molar-refractivity contribution < 1.29 is 51.9 Å². The summed E-state index contributed by atoms with van der Waals surface area (Å²) in [4.78, 5) is 58.9. The quantitative estimate of drug-likeness (QED) is 0.223. The summed E-state index contributed by atoms with van der Waals surface area (Å²) in [5, 5.41) is 2.73. The van der Waals surface area contributed by atoms with Gasteiger partial charge in [0, 0.05) is 45.3 Å². The predicted octanol–water partition coefficient (Wildman–Crippen LogP) is 1.31. The van der Waals surface area contributed by atoms with Gasteiger partial charge in [-0.15, -0.1) is 0 Å². The number of nitrogens with one attached hydrogen (secondary N) is 1. The number of imide groups is 1. The van der Waals surface area contributed by atoms with Crippen molar-refractivity contribution in [3.05, 3.63) is 48.0 Å². The summed E-state index contributed by atoms with van der Waals surface area (Å²) in [6.07, 6.45) is -0.688. The van der Waals surface area contributed by atoms with E-state index in [2.05, 4.69) is 9.84 Å². The summed E-state index contributed by atoms with van der Waals surface area (Å²) >= 11 is 0. The molecule has 3 rings (SSSR count). The number of benzene rings is 1. The molecule has 1 aliphatic carbocycles. The van der Waals surface area contributed by atoms with Crippen molar-refractivity contribution in [1.29, 1.82) is 0 Å². The van der Waals surface area contributed by atoms with Gasteiger partial charge in [0.2, 0.25) is 5.91 Å². The van der Waals surface area contributed by atoms with Gasteiger partial charge in [-0.2, -0.15) is 0 Å². The molecule has 2 unspecified atom stereocenters. The van der Waals surface area contributed by atoms with Crippen molar-refractivity contribution in [3.63, 3.8) is 0 Å². The van der Waals surface area contributed by atoms with Gasteiger partial charge in [-0.3, -0.25) is 28.3 Å². The molecule has 37 heavy (non-hydrogen) atoms. The molecule has 202 valence electrons. The molecule has 1 saturated carbocycles. The van der Waals surface area contributed by atoms with Gasteiger partial charge in [0.1, 0.15) is 25.4 Å². The molecule has 5 atom stereocenters. The van der Waals surface area contributed by atoms with Crippen LogP contribution in [0.1, 0.15) is 18.4 Å². The lowest BCUT2D eigenvalue weighted by atomic mass is 10.1. The van der Waals surface area contributed by atoms with Crippen LogP contribution < -0.4 is 5.32 Å². The maximum Gasteiger partial charge on any atom is 0.508 e. The van der Waals surface area contributed by atoms with Crippen molar-refractivity contribution in [1.82, 2.24) is 10.2 Å². The number of amides is 3. The van der Waals surface area contributed by atoms with Crippen LogP contribution >= 0.6 is 7.82 Å². The van der Waals surface area contributed by atoms with E-state index in [9.17, 15) is 28.6 Å². The highest BCUT2D eigenvalue weighted by Crippen LogP contribution is 2.48. The van der Waals surface area contributed by atoms with Gasteiger partial charge in [-0.05, 0) is 12.0 Å². The molecule has 0 radical (unpaired) electrons. The third-order valence-electron chi connectivity index (χ3n) is 5.92. The van der Waals surface area contributed by atoms with Crippen LogP contribution in [-0.2, 0) is 48.8 Å². The van der Waals surface area contributed by atoms with Crippen molar-refractivity contribution in [3.8, 4) is 0 Å². The second kappa shape index (κ2) is 12.9. The minimum Gasteiger partial charge on any atom is -0.434 e. The first kappa shape index (κ1) is 28.5. The van der Waals surface area contributed by atoms with Gasteiger partial charge in [-0.1, -0.05) is 30.3 Å². The third-order valence-corrected chi connectivity index (χ3v) is 6.89. The van der Waals surface area contributed by atoms with Crippen LogP contribution in [0.25, 0.3) is 0 Å². The fraction of sp³-hybridized carbons (Fsp3) is 0.478. The largest absolute Gasteiger partial charge is 0.508 e. The van der Waals surface area contributed by atoms with Crippen molar-refractivity contribution >= 4 is 31.7 Å². The first-order valence-corrected chi connectivity index (χ1v) is 12.9. The molecule has 0 aromatic heterocycles. The van der Waals surface area contributed by atoms with E-state index in [1.165, 1.54) is 7.11 Å². The highest BCUT2D eigenvalue weighted by atomic mass is 31.2. The molecule has 2 N–H and O–H groups in total. The van der Waals surface area contributed by atoms with Crippen LogP contribution in [-0.4, -0.2) is 79.3 Å². The number of carbonyl (C=O) groups is 4. The minimum atomic E-state index is -4.47. The molecule has 1 fully saturated rings. The van der Waals surface area contributed by atoms with Gasteiger partial charge in [0.15, 0.2) is 0 Å². The molecule has 2 aliphatic rings. The van der Waals surface area contributed by atoms with Crippen molar-refractivity contribution in [2.24, 2.45) is 5.92 Å². The Bertz CT molecular complexity index is 1050. The highest BCUT2D eigenvalue weighted by Gasteiger charge is 2.48. The number of hydrogen-bond donors (Lipinski definition) is 2. The van der Waals surface area contributed by atoms with Crippen molar-refractivity contribution in [2.75, 3.05) is 27.4 Å². The van der Waals surface area contributed by atoms with Gasteiger partial charge in [-0.25, -0.2) is 9.36 Å². The summed E-state index contributed by atoms with van der Waals surface area (Å²) in [6, 6.07) is 8.28. The molecular weight excluding hydrogens is 511 g/mol. The molecule has 1 aliphatic heterocycles. The number of carbonyl (C=O) groups excluding carboxylic acids is 4. The Labute approximate surface area is 213 Å². The second-order valence-electron chi connectivity index (χ2n) is 8.34. The van der Waals surface area contributed by atoms with Crippen LogP contribution in [0.4, 0.5) is 4.79 Å². The fourth-order valence-corrected chi connectivity index (χ4v) is 4.80. The third kappa shape index (κ3) is 7.94. The number of nitrogens with zero attached hydrogens (tertiary/aromatic N) is 1. The minimum absolute atomic E-state index is 0.00327. The summed E-state index contributed by atoms with van der Waals surface area (Å²) in [5.74, 6) is -2.16. The van der Waals surface area contributed by atoms with Crippen molar-refractivity contribution in [2.45, 2.75) is 37.7 Å². The molecule has 14 heteroatoms. The zero-order valence-corrected chi connectivity index (χ0v) is 21.2. The van der Waals surface area contributed by atoms with Gasteiger partial charge >= 0.3 is 14.0 Å². The second-order valence-corrected chi connectivity index (χ2v) is 9.85. The normalized spacial score (nSPS) is 24.7. The average Bonchev–Trinajstić information content (AvgIpc) is 3.37. The maximum absolute atomic E-state index is 12.6. The van der Waals surface area contributed by atoms with Crippen LogP contribution in [0, 0.1) is 5.92 Å².